The smallest absolute Gasteiger partial charge is 0.0546 e. The molecule has 9 aromatic rings. The zero-order valence-electron chi connectivity index (χ0n) is 27.2. The molecule has 1 heterocycles. The van der Waals surface area contributed by atoms with E-state index in [1.165, 1.54) is 83.1 Å². The van der Waals surface area contributed by atoms with Crippen LogP contribution in [0.1, 0.15) is 0 Å². The number of rotatable bonds is 4. The van der Waals surface area contributed by atoms with Crippen molar-refractivity contribution in [1.82, 2.24) is 4.57 Å². The van der Waals surface area contributed by atoms with Crippen LogP contribution in [0.2, 0.25) is 0 Å². The van der Waals surface area contributed by atoms with E-state index in [9.17, 15) is 0 Å². The maximum atomic E-state index is 2.47. The van der Waals surface area contributed by atoms with Crippen LogP contribution < -0.4 is 4.90 Å². The standard InChI is InChI=1S/C48H30N2/c1-3-14-31(15-4-1)49(33-28-29-44-42(30-33)35-19-9-10-26-43(35)50(44)32-16-5-2-6-17-32)45-27-13-25-41-39-23-12-22-38-40-24-11-21-37(47(40)48(41)45)34-18-7-8-20-36(34)46(38)39/h1-30H. The first kappa shape index (κ1) is 27.3. The van der Waals surface area contributed by atoms with Gasteiger partial charge in [-0.1, -0.05) is 127 Å². The molecule has 0 atom stereocenters. The highest BCUT2D eigenvalue weighted by atomic mass is 15.1. The van der Waals surface area contributed by atoms with E-state index in [1.807, 2.05) is 0 Å². The molecular weight excluding hydrogens is 605 g/mol. The molecule has 2 aliphatic rings. The Morgan fingerprint density at radius 3 is 1.62 bits per heavy atom. The van der Waals surface area contributed by atoms with Gasteiger partial charge in [0.2, 0.25) is 0 Å². The van der Waals surface area contributed by atoms with Crippen molar-refractivity contribution in [2.24, 2.45) is 0 Å². The molecule has 0 N–H and O–H groups in total. The number of hydrogen-bond acceptors (Lipinski definition) is 1. The van der Waals surface area contributed by atoms with Crippen molar-refractivity contribution < 1.29 is 0 Å². The molecule has 2 heteroatoms. The van der Waals surface area contributed by atoms with E-state index in [4.69, 9.17) is 0 Å². The molecule has 2 nitrogen and oxygen atoms in total. The average Bonchev–Trinajstić information content (AvgIpc) is 3.46. The second-order valence-corrected chi connectivity index (χ2v) is 13.3. The van der Waals surface area contributed by atoms with E-state index in [2.05, 4.69) is 191 Å². The molecule has 0 amide bonds. The summed E-state index contributed by atoms with van der Waals surface area (Å²) in [5.41, 5.74) is 19.9. The highest BCUT2D eigenvalue weighted by Gasteiger charge is 2.33. The number of hydrogen-bond donors (Lipinski definition) is 0. The predicted octanol–water partition coefficient (Wildman–Crippen LogP) is 13.2. The predicted molar refractivity (Wildman–Crippen MR) is 210 cm³/mol. The van der Waals surface area contributed by atoms with Gasteiger partial charge in [-0.2, -0.15) is 0 Å². The number of nitrogens with zero attached hydrogens (tertiary/aromatic N) is 2. The lowest BCUT2D eigenvalue weighted by Gasteiger charge is -2.30. The fourth-order valence-corrected chi connectivity index (χ4v) is 8.67. The summed E-state index contributed by atoms with van der Waals surface area (Å²) in [5, 5.41) is 2.47. The van der Waals surface area contributed by atoms with Gasteiger partial charge in [-0.05, 0) is 99.1 Å². The Morgan fingerprint density at radius 2 is 0.860 bits per heavy atom. The first-order valence-electron chi connectivity index (χ1n) is 17.3. The van der Waals surface area contributed by atoms with Crippen LogP contribution in [-0.4, -0.2) is 4.57 Å². The second kappa shape index (κ2) is 10.4. The van der Waals surface area contributed by atoms with Crippen molar-refractivity contribution in [1.29, 1.82) is 0 Å². The summed E-state index contributed by atoms with van der Waals surface area (Å²) in [6.07, 6.45) is 0. The summed E-state index contributed by atoms with van der Waals surface area (Å²) in [6.45, 7) is 0. The zero-order chi connectivity index (χ0) is 32.8. The fourth-order valence-electron chi connectivity index (χ4n) is 8.67. The van der Waals surface area contributed by atoms with E-state index >= 15 is 0 Å². The summed E-state index contributed by atoms with van der Waals surface area (Å²) in [5.74, 6) is 0. The van der Waals surface area contributed by atoms with E-state index in [0.717, 1.165) is 17.1 Å². The van der Waals surface area contributed by atoms with Crippen molar-refractivity contribution in [3.05, 3.63) is 182 Å². The first-order chi connectivity index (χ1) is 24.8. The lowest BCUT2D eigenvalue weighted by atomic mass is 9.83. The lowest BCUT2D eigenvalue weighted by Crippen LogP contribution is -2.12. The van der Waals surface area contributed by atoms with E-state index < -0.39 is 0 Å². The van der Waals surface area contributed by atoms with Crippen LogP contribution in [0.15, 0.2) is 182 Å². The SMILES string of the molecule is c1ccc(N(c2ccc3c(c2)c2ccccc2n3-c2ccccc2)c2cccc3c2-c2c4cccc2-c2cccc-3c2-c2ccccc2-4)cc1. The maximum Gasteiger partial charge on any atom is 0.0546 e. The van der Waals surface area contributed by atoms with E-state index in [-0.39, 0.29) is 0 Å². The van der Waals surface area contributed by atoms with Crippen molar-refractivity contribution in [3.8, 4) is 61.3 Å². The zero-order valence-corrected chi connectivity index (χ0v) is 27.2. The molecule has 1 aromatic heterocycles. The van der Waals surface area contributed by atoms with Crippen LogP contribution in [-0.2, 0) is 0 Å². The summed E-state index contributed by atoms with van der Waals surface area (Å²) in [4.78, 5) is 2.47. The van der Waals surface area contributed by atoms with Gasteiger partial charge >= 0.3 is 0 Å². The molecule has 0 saturated carbocycles. The largest absolute Gasteiger partial charge is 0.310 e. The second-order valence-electron chi connectivity index (χ2n) is 13.3. The maximum absolute atomic E-state index is 2.47. The highest BCUT2D eigenvalue weighted by Crippen LogP contribution is 2.59. The monoisotopic (exact) mass is 634 g/mol. The van der Waals surface area contributed by atoms with E-state index in [0.29, 0.717) is 0 Å². The molecule has 0 radical (unpaired) electrons. The molecule has 50 heavy (non-hydrogen) atoms. The quantitative estimate of drug-likeness (QED) is 0.187. The molecule has 8 aromatic carbocycles. The Balaban J connectivity index is 1.23. The van der Waals surface area contributed by atoms with Gasteiger partial charge in [0.15, 0.2) is 0 Å². The Labute approximate surface area is 290 Å². The number of benzene rings is 8. The van der Waals surface area contributed by atoms with Gasteiger partial charge in [0.05, 0.1) is 16.7 Å². The number of para-hydroxylation sites is 3. The molecule has 232 valence electrons. The van der Waals surface area contributed by atoms with Gasteiger partial charge in [0, 0.05) is 39.0 Å². The topological polar surface area (TPSA) is 8.17 Å². The number of fused-ring (bicyclic) bond motifs is 7. The number of anilines is 3. The van der Waals surface area contributed by atoms with Crippen LogP contribution in [0, 0.1) is 0 Å². The molecule has 0 unspecified atom stereocenters. The summed E-state index contributed by atoms with van der Waals surface area (Å²) in [6, 6.07) is 66.8. The molecular formula is C48H30N2. The minimum absolute atomic E-state index is 1.12. The number of aromatic nitrogens is 1. The van der Waals surface area contributed by atoms with Crippen LogP contribution in [0.25, 0.3) is 83.1 Å². The lowest BCUT2D eigenvalue weighted by molar-refractivity contribution is 1.18. The summed E-state index contributed by atoms with van der Waals surface area (Å²) >= 11 is 0. The molecule has 2 aliphatic carbocycles. The Bertz CT molecular complexity index is 2790. The highest BCUT2D eigenvalue weighted by molar-refractivity contribution is 6.18. The minimum Gasteiger partial charge on any atom is -0.310 e. The van der Waals surface area contributed by atoms with Crippen molar-refractivity contribution in [2.75, 3.05) is 4.90 Å². The first-order valence-corrected chi connectivity index (χ1v) is 17.3. The fraction of sp³-hybridized carbons (Fsp3) is 0. The van der Waals surface area contributed by atoms with Crippen molar-refractivity contribution in [2.45, 2.75) is 0 Å². The molecule has 0 aliphatic heterocycles. The molecule has 6 bridgehead atoms. The third-order valence-corrected chi connectivity index (χ3v) is 10.7. The third kappa shape index (κ3) is 3.73. The molecule has 0 fully saturated rings. The molecule has 11 rings (SSSR count). The van der Waals surface area contributed by atoms with Crippen molar-refractivity contribution in [3.63, 3.8) is 0 Å². The van der Waals surface area contributed by atoms with Crippen molar-refractivity contribution >= 4 is 38.9 Å². The van der Waals surface area contributed by atoms with Gasteiger partial charge in [-0.15, -0.1) is 0 Å². The Hall–Kier alpha value is -6.64. The summed E-state index contributed by atoms with van der Waals surface area (Å²) in [7, 11) is 0. The Morgan fingerprint density at radius 1 is 0.320 bits per heavy atom. The Kier molecular flexibility index (Phi) is 5.70. The van der Waals surface area contributed by atoms with Crippen LogP contribution >= 0.6 is 0 Å². The average molecular weight is 635 g/mol. The van der Waals surface area contributed by atoms with Crippen LogP contribution in [0.4, 0.5) is 17.1 Å². The van der Waals surface area contributed by atoms with Gasteiger partial charge < -0.3 is 9.47 Å². The van der Waals surface area contributed by atoms with Crippen LogP contribution in [0.3, 0.4) is 0 Å². The van der Waals surface area contributed by atoms with Gasteiger partial charge in [0.25, 0.3) is 0 Å². The minimum atomic E-state index is 1.12. The van der Waals surface area contributed by atoms with Gasteiger partial charge in [-0.3, -0.25) is 0 Å². The molecule has 0 saturated heterocycles. The van der Waals surface area contributed by atoms with Gasteiger partial charge in [-0.25, -0.2) is 0 Å². The summed E-state index contributed by atoms with van der Waals surface area (Å²) < 4.78 is 2.39. The third-order valence-electron chi connectivity index (χ3n) is 10.7. The molecule has 0 spiro atoms. The van der Waals surface area contributed by atoms with Gasteiger partial charge in [0.1, 0.15) is 0 Å². The van der Waals surface area contributed by atoms with E-state index in [1.54, 1.807) is 0 Å². The normalized spacial score (nSPS) is 12.0. The van der Waals surface area contributed by atoms with Crippen LogP contribution in [0.5, 0.6) is 0 Å².